The van der Waals surface area contributed by atoms with Gasteiger partial charge in [0.15, 0.2) is 18.1 Å². The molecule has 15 heteroatoms. The molecular weight excluding hydrogens is 994 g/mol. The molecule has 8 nitrogen and oxygen atoms in total. The Kier molecular flexibility index (Phi) is 11.0. The van der Waals surface area contributed by atoms with Crippen LogP contribution < -0.4 is 9.47 Å². The zero-order valence-corrected chi connectivity index (χ0v) is 28.5. The summed E-state index contributed by atoms with van der Waals surface area (Å²) >= 11 is 7.78. The van der Waals surface area contributed by atoms with E-state index in [1.165, 1.54) is 12.1 Å². The highest BCUT2D eigenvalue weighted by Gasteiger charge is 2.45. The Hall–Kier alpha value is -1.17. The SMILES string of the molecule is C=Cc1ccc(C(=O)Oc2c(I)cc(Oc3c(I)cc(C(=O)OCC(F)(F)S(=O)(=O)O)cc3I)cc2I)cc1. The van der Waals surface area contributed by atoms with Crippen LogP contribution in [0.3, 0.4) is 0 Å². The fourth-order valence-electron chi connectivity index (χ4n) is 2.80. The number of rotatable bonds is 9. The minimum absolute atomic E-state index is 0.130. The first-order chi connectivity index (χ1) is 18.1. The molecular formula is C24H14F2I4O8S. The predicted molar refractivity (Wildman–Crippen MR) is 172 cm³/mol. The molecule has 0 aliphatic rings. The van der Waals surface area contributed by atoms with Crippen LogP contribution in [0.1, 0.15) is 26.3 Å². The Balaban J connectivity index is 1.77. The van der Waals surface area contributed by atoms with Crippen molar-refractivity contribution in [3.8, 4) is 17.2 Å². The third-order valence-corrected chi connectivity index (χ3v) is 8.83. The number of hydrogen-bond donors (Lipinski definition) is 1. The Bertz CT molecular complexity index is 1510. The Morgan fingerprint density at radius 1 is 0.872 bits per heavy atom. The quantitative estimate of drug-likeness (QED) is 0.102. The Morgan fingerprint density at radius 2 is 1.38 bits per heavy atom. The van der Waals surface area contributed by atoms with E-state index >= 15 is 0 Å². The average Bonchev–Trinajstić information content (AvgIpc) is 2.86. The smallest absolute Gasteiger partial charge is 0.402 e. The van der Waals surface area contributed by atoms with Gasteiger partial charge >= 0.3 is 27.3 Å². The van der Waals surface area contributed by atoms with Crippen molar-refractivity contribution in [1.82, 2.24) is 0 Å². The van der Waals surface area contributed by atoms with Crippen molar-refractivity contribution in [3.05, 3.63) is 86.1 Å². The maximum atomic E-state index is 13.4. The van der Waals surface area contributed by atoms with Crippen LogP contribution in [0, 0.1) is 14.3 Å². The van der Waals surface area contributed by atoms with E-state index in [1.54, 1.807) is 42.5 Å². The highest BCUT2D eigenvalue weighted by molar-refractivity contribution is 14.1. The van der Waals surface area contributed by atoms with Crippen molar-refractivity contribution in [3.63, 3.8) is 0 Å². The molecule has 0 radical (unpaired) electrons. The van der Waals surface area contributed by atoms with Gasteiger partial charge in [-0.15, -0.1) is 0 Å². The van der Waals surface area contributed by atoms with Gasteiger partial charge in [-0.2, -0.15) is 17.2 Å². The van der Waals surface area contributed by atoms with E-state index in [9.17, 15) is 26.8 Å². The minimum Gasteiger partial charge on any atom is -0.455 e. The second-order valence-electron chi connectivity index (χ2n) is 7.49. The summed E-state index contributed by atoms with van der Waals surface area (Å²) in [5.74, 6) is -0.635. The summed E-state index contributed by atoms with van der Waals surface area (Å²) in [5.41, 5.74) is 1.11. The highest BCUT2D eigenvalue weighted by atomic mass is 127. The molecule has 0 unspecified atom stereocenters. The molecule has 0 aliphatic carbocycles. The number of hydrogen-bond acceptors (Lipinski definition) is 7. The van der Waals surface area contributed by atoms with Gasteiger partial charge < -0.3 is 14.2 Å². The topological polar surface area (TPSA) is 116 Å². The monoisotopic (exact) mass is 1010 g/mol. The molecule has 1 N–H and O–H groups in total. The molecule has 0 fully saturated rings. The summed E-state index contributed by atoms with van der Waals surface area (Å²) in [6.07, 6.45) is 1.66. The second kappa shape index (κ2) is 13.2. The summed E-state index contributed by atoms with van der Waals surface area (Å²) in [6.45, 7) is 1.83. The molecule has 0 aromatic heterocycles. The molecule has 0 spiro atoms. The van der Waals surface area contributed by atoms with Gasteiger partial charge in [-0.25, -0.2) is 9.59 Å². The van der Waals surface area contributed by atoms with Crippen LogP contribution in [0.4, 0.5) is 8.78 Å². The summed E-state index contributed by atoms with van der Waals surface area (Å²) in [4.78, 5) is 24.8. The van der Waals surface area contributed by atoms with Gasteiger partial charge in [0, 0.05) is 0 Å². The molecule has 39 heavy (non-hydrogen) atoms. The van der Waals surface area contributed by atoms with Crippen molar-refractivity contribution >= 4 is 118 Å². The maximum Gasteiger partial charge on any atom is 0.402 e. The predicted octanol–water partition coefficient (Wildman–Crippen LogP) is 7.40. The molecule has 3 aromatic rings. The lowest BCUT2D eigenvalue weighted by molar-refractivity contribution is -0.00951. The lowest BCUT2D eigenvalue weighted by atomic mass is 10.1. The van der Waals surface area contributed by atoms with E-state index < -0.39 is 33.9 Å². The third kappa shape index (κ3) is 8.20. The van der Waals surface area contributed by atoms with Crippen molar-refractivity contribution in [2.24, 2.45) is 0 Å². The van der Waals surface area contributed by atoms with Crippen LogP contribution in [0.25, 0.3) is 6.08 Å². The summed E-state index contributed by atoms with van der Waals surface area (Å²) in [7, 11) is -5.74. The number of halogens is 6. The van der Waals surface area contributed by atoms with Gasteiger partial charge in [-0.3, -0.25) is 4.55 Å². The van der Waals surface area contributed by atoms with Crippen LogP contribution in [0.5, 0.6) is 17.2 Å². The first kappa shape index (κ1) is 32.3. The normalized spacial score (nSPS) is 11.6. The molecule has 3 aromatic carbocycles. The van der Waals surface area contributed by atoms with E-state index in [1.807, 2.05) is 90.4 Å². The average molecular weight is 1010 g/mol. The first-order valence-corrected chi connectivity index (χ1v) is 16.0. The molecule has 0 saturated carbocycles. The van der Waals surface area contributed by atoms with Crippen molar-refractivity contribution < 1.29 is 45.6 Å². The van der Waals surface area contributed by atoms with Gasteiger partial charge in [0.2, 0.25) is 0 Å². The van der Waals surface area contributed by atoms with Gasteiger partial charge in [0.25, 0.3) is 0 Å². The Morgan fingerprint density at radius 3 is 1.87 bits per heavy atom. The van der Waals surface area contributed by atoms with E-state index in [-0.39, 0.29) is 5.56 Å². The van der Waals surface area contributed by atoms with Gasteiger partial charge in [0.1, 0.15) is 5.75 Å². The lowest BCUT2D eigenvalue weighted by Gasteiger charge is -2.15. The number of benzene rings is 3. The van der Waals surface area contributed by atoms with Crippen molar-refractivity contribution in [2.75, 3.05) is 6.61 Å². The van der Waals surface area contributed by atoms with E-state index in [2.05, 4.69) is 11.3 Å². The van der Waals surface area contributed by atoms with Gasteiger partial charge in [-0.05, 0) is 132 Å². The molecule has 0 atom stereocenters. The molecule has 0 bridgehead atoms. The van der Waals surface area contributed by atoms with E-state index in [0.717, 1.165) is 5.56 Å². The first-order valence-electron chi connectivity index (χ1n) is 10.3. The van der Waals surface area contributed by atoms with Gasteiger partial charge in [-0.1, -0.05) is 24.8 Å². The van der Waals surface area contributed by atoms with Crippen molar-refractivity contribution in [2.45, 2.75) is 5.25 Å². The minimum atomic E-state index is -5.74. The zero-order valence-electron chi connectivity index (χ0n) is 19.1. The largest absolute Gasteiger partial charge is 0.455 e. The van der Waals surface area contributed by atoms with Crippen molar-refractivity contribution in [1.29, 1.82) is 0 Å². The van der Waals surface area contributed by atoms with Gasteiger partial charge in [0.05, 0.1) is 25.4 Å². The van der Waals surface area contributed by atoms with Crippen LogP contribution in [-0.2, 0) is 14.9 Å². The second-order valence-corrected chi connectivity index (χ2v) is 13.7. The molecule has 3 rings (SSSR count). The number of carbonyl (C=O) groups is 2. The molecule has 0 saturated heterocycles. The van der Waals surface area contributed by atoms with E-state index in [4.69, 9.17) is 14.0 Å². The summed E-state index contributed by atoms with van der Waals surface area (Å²) in [6, 6.07) is 12.7. The third-order valence-electron chi connectivity index (χ3n) is 4.75. The fraction of sp³-hybridized carbons (Fsp3) is 0.0833. The van der Waals surface area contributed by atoms with Crippen LogP contribution in [0.2, 0.25) is 0 Å². The highest BCUT2D eigenvalue weighted by Crippen LogP contribution is 2.38. The molecule has 0 heterocycles. The molecule has 0 amide bonds. The van der Waals surface area contributed by atoms with Crippen LogP contribution in [0.15, 0.2) is 55.1 Å². The van der Waals surface area contributed by atoms with Crippen LogP contribution >= 0.6 is 90.4 Å². The molecule has 0 aliphatic heterocycles. The fourth-order valence-corrected chi connectivity index (χ4v) is 6.93. The number of ether oxygens (including phenoxy) is 3. The van der Waals surface area contributed by atoms with E-state index in [0.29, 0.717) is 37.1 Å². The standard InChI is InChI=1S/C24H14F2I4O8S/c1-2-12-3-5-13(6-4-12)23(32)38-21-18(29)9-15(10-19(21)30)37-20-16(27)7-14(8-17(20)28)22(31)36-11-24(25,26)39(33,34)35/h2-10H,1,11H2,(H,33,34,35). The zero-order chi connectivity index (χ0) is 29.1. The number of esters is 2. The van der Waals surface area contributed by atoms with Crippen LogP contribution in [-0.4, -0.2) is 36.8 Å². The summed E-state index contributed by atoms with van der Waals surface area (Å²) < 4.78 is 74.7. The summed E-state index contributed by atoms with van der Waals surface area (Å²) in [5, 5.41) is -4.64. The number of carbonyl (C=O) groups excluding carboxylic acids is 2. The lowest BCUT2D eigenvalue weighted by Crippen LogP contribution is -2.34. The Labute approximate surface area is 276 Å². The molecule has 206 valence electrons. The maximum absolute atomic E-state index is 13.4. The number of alkyl halides is 2.